The largest absolute Gasteiger partial charge is 2.00 e. The maximum atomic E-state index is 11.4. The molecular weight excluding hydrogens is 859 g/mol. The molecule has 4 rings (SSSR count). The molecule has 0 spiro atoms. The second-order valence-corrected chi connectivity index (χ2v) is 12.7. The van der Waals surface area contributed by atoms with Crippen LogP contribution in [0.25, 0.3) is 0 Å². The quantitative estimate of drug-likeness (QED) is 0.0756. The summed E-state index contributed by atoms with van der Waals surface area (Å²) in [5.74, 6) is -0.167. The Morgan fingerprint density at radius 3 is 0.700 bits per heavy atom. The van der Waals surface area contributed by atoms with E-state index in [1.54, 1.807) is 97.7 Å². The van der Waals surface area contributed by atoms with Crippen molar-refractivity contribution in [2.24, 2.45) is 20.0 Å². The molecule has 272 valence electrons. The van der Waals surface area contributed by atoms with Gasteiger partial charge in [0, 0.05) is 24.9 Å². The van der Waals surface area contributed by atoms with Crippen molar-refractivity contribution in [2.75, 3.05) is 26.2 Å². The van der Waals surface area contributed by atoms with Gasteiger partial charge in [0.15, 0.2) is 8.59 Å². The van der Waals surface area contributed by atoms with E-state index in [0.717, 1.165) is 0 Å². The van der Waals surface area contributed by atoms with E-state index in [4.69, 9.17) is 69.6 Å². The molecule has 0 amide bonds. The molecule has 4 aromatic rings. The average molecular weight is 889 g/mol. The molecule has 0 aliphatic rings. The zero-order valence-electron chi connectivity index (χ0n) is 25.9. The van der Waals surface area contributed by atoms with Crippen LogP contribution in [0.15, 0.2) is 117 Å². The summed E-state index contributed by atoms with van der Waals surface area (Å²) in [6, 6.07) is 26.9. The third kappa shape index (κ3) is 25.4. The number of rotatable bonds is 10. The monoisotopic (exact) mass is 884 g/mol. The van der Waals surface area contributed by atoms with Crippen molar-refractivity contribution < 1.29 is 53.4 Å². The fourth-order valence-electron chi connectivity index (χ4n) is 3.23. The second kappa shape index (κ2) is 31.2. The van der Waals surface area contributed by atoms with Crippen LogP contribution in [0, 0.1) is 0 Å². The van der Waals surface area contributed by atoms with E-state index < -0.39 is 8.59 Å². The van der Waals surface area contributed by atoms with Gasteiger partial charge in [0.25, 0.3) is 0 Å². The van der Waals surface area contributed by atoms with Crippen LogP contribution in [0.4, 0.5) is 0 Å². The number of benzene rings is 4. The van der Waals surface area contributed by atoms with Crippen LogP contribution < -0.4 is 20.4 Å². The number of alkyl halides is 6. The van der Waals surface area contributed by atoms with Gasteiger partial charge in [-0.25, -0.2) is 0 Å². The first-order chi connectivity index (χ1) is 23.0. The van der Waals surface area contributed by atoms with Crippen LogP contribution in [0.5, 0.6) is 23.0 Å². The minimum Gasteiger partial charge on any atom is -0.872 e. The Hall–Kier alpha value is -2.51. The second-order valence-electron chi connectivity index (χ2n) is 8.79. The molecule has 0 bridgehead atoms. The van der Waals surface area contributed by atoms with Crippen molar-refractivity contribution in [2.45, 2.75) is 8.59 Å². The Bertz CT molecular complexity index is 1370. The molecule has 8 nitrogen and oxygen atoms in total. The minimum atomic E-state index is -0.750. The molecule has 0 aromatic heterocycles. The molecule has 0 N–H and O–H groups in total. The van der Waals surface area contributed by atoms with E-state index in [2.05, 4.69) is 20.0 Å². The molecule has 0 unspecified atom stereocenters. The molecule has 0 aliphatic heterocycles. The Labute approximate surface area is 342 Å². The van der Waals surface area contributed by atoms with Gasteiger partial charge in [-0.1, -0.05) is 167 Å². The van der Waals surface area contributed by atoms with Crippen molar-refractivity contribution in [3.63, 3.8) is 0 Å². The minimum absolute atomic E-state index is 0. The SMILES string of the molecule is ClC(Cl)Cl.ClC(Cl)Cl.[Ni+2].[Ni+2].[O-]c1ccccc1C=NCCN=Cc1ccccc1[O-].[O-]c1ccccc1C=NCCN=Cc1ccccc1[O-]. The van der Waals surface area contributed by atoms with Crippen LogP contribution in [-0.4, -0.2) is 59.6 Å². The summed E-state index contributed by atoms with van der Waals surface area (Å²) in [6.45, 7) is 1.91. The number of para-hydroxylation sites is 4. The average Bonchev–Trinajstić information content (AvgIpc) is 3.03. The Kier molecular flexibility index (Phi) is 31.0. The van der Waals surface area contributed by atoms with Crippen LogP contribution in [0.2, 0.25) is 0 Å². The summed E-state index contributed by atoms with van der Waals surface area (Å²) < 4.78 is -1.50. The van der Waals surface area contributed by atoms with Crippen LogP contribution in [0.1, 0.15) is 22.3 Å². The van der Waals surface area contributed by atoms with Crippen molar-refractivity contribution in [1.82, 2.24) is 0 Å². The van der Waals surface area contributed by atoms with E-state index >= 15 is 0 Å². The molecule has 50 heavy (non-hydrogen) atoms. The molecule has 0 fully saturated rings. The maximum Gasteiger partial charge on any atom is 2.00 e. The molecule has 0 saturated heterocycles. The fraction of sp³-hybridized carbons (Fsp3) is 0.176. The van der Waals surface area contributed by atoms with Gasteiger partial charge < -0.3 is 20.4 Å². The summed E-state index contributed by atoms with van der Waals surface area (Å²) >= 11 is 28.8. The Morgan fingerprint density at radius 1 is 0.380 bits per heavy atom. The first kappa shape index (κ1) is 49.6. The van der Waals surface area contributed by atoms with E-state index in [1.165, 1.54) is 24.3 Å². The third-order valence-electron chi connectivity index (χ3n) is 5.31. The normalized spacial score (nSPS) is 10.6. The summed E-state index contributed by atoms with van der Waals surface area (Å²) in [7, 11) is 0. The van der Waals surface area contributed by atoms with Crippen LogP contribution in [0.3, 0.4) is 0 Å². The van der Waals surface area contributed by atoms with Crippen LogP contribution in [-0.2, 0) is 33.0 Å². The van der Waals surface area contributed by atoms with E-state index in [-0.39, 0.29) is 56.0 Å². The van der Waals surface area contributed by atoms with Gasteiger partial charge >= 0.3 is 33.0 Å². The van der Waals surface area contributed by atoms with Gasteiger partial charge in [0.05, 0.1) is 26.2 Å². The molecule has 0 heterocycles. The van der Waals surface area contributed by atoms with Crippen molar-refractivity contribution >= 4 is 94.5 Å². The molecule has 0 atom stereocenters. The predicted molar refractivity (Wildman–Crippen MR) is 196 cm³/mol. The van der Waals surface area contributed by atoms with Crippen LogP contribution >= 0.6 is 69.6 Å². The number of hydrogen-bond donors (Lipinski definition) is 0. The van der Waals surface area contributed by atoms with Crippen molar-refractivity contribution in [3.05, 3.63) is 119 Å². The van der Waals surface area contributed by atoms with Crippen molar-refractivity contribution in [1.29, 1.82) is 0 Å². The number of hydrogen-bond acceptors (Lipinski definition) is 8. The van der Waals surface area contributed by atoms with E-state index in [0.29, 0.717) is 48.4 Å². The van der Waals surface area contributed by atoms with Gasteiger partial charge in [0.2, 0.25) is 0 Å². The number of aliphatic imine (C=N–C) groups is 4. The molecule has 16 heteroatoms. The molecule has 0 aliphatic carbocycles. The summed E-state index contributed by atoms with van der Waals surface area (Å²) in [5.41, 5.74) is 2.28. The van der Waals surface area contributed by atoms with Gasteiger partial charge in [-0.15, -0.1) is 23.0 Å². The zero-order chi connectivity index (χ0) is 35.6. The Morgan fingerprint density at radius 2 is 0.540 bits per heavy atom. The fourth-order valence-corrected chi connectivity index (χ4v) is 3.23. The third-order valence-corrected chi connectivity index (χ3v) is 5.31. The molecule has 0 saturated carbocycles. The van der Waals surface area contributed by atoms with E-state index in [1.807, 2.05) is 0 Å². The van der Waals surface area contributed by atoms with Gasteiger partial charge in [-0.3, -0.25) is 20.0 Å². The molecule has 4 aromatic carbocycles. The van der Waals surface area contributed by atoms with Crippen molar-refractivity contribution in [3.8, 4) is 23.0 Å². The van der Waals surface area contributed by atoms with Gasteiger partial charge in [-0.05, 0) is 22.3 Å². The van der Waals surface area contributed by atoms with Gasteiger partial charge in [-0.2, -0.15) is 0 Å². The maximum absolute atomic E-state index is 11.4. The number of nitrogens with zero attached hydrogens (tertiary/aromatic N) is 4. The standard InChI is InChI=1S/2C16H16N2O2.2CHCl3.2Ni/c2*19-15-7-3-1-5-13(15)11-17-9-10-18-12-14-6-2-4-8-16(14)20;2*2-1(3)4;;/h2*1-8,11-12,19-20H,9-10H2;2*1H;;/q;;;;2*+2/p-4. The topological polar surface area (TPSA) is 142 Å². The summed E-state index contributed by atoms with van der Waals surface area (Å²) in [4.78, 5) is 16.6. The predicted octanol–water partition coefficient (Wildman–Crippen LogP) is 6.71. The summed E-state index contributed by atoms with van der Waals surface area (Å²) in [6.07, 6.45) is 6.22. The Balaban J connectivity index is 0. The molecular formula is C34H30Cl6N4Ni2O4. The first-order valence-corrected chi connectivity index (χ1v) is 16.5. The molecule has 0 radical (unpaired) electrons. The smallest absolute Gasteiger partial charge is 0.872 e. The van der Waals surface area contributed by atoms with E-state index in [9.17, 15) is 20.4 Å². The first-order valence-electron chi connectivity index (χ1n) is 13.9. The summed E-state index contributed by atoms with van der Waals surface area (Å²) in [5, 5.41) is 45.6. The number of halogens is 6. The zero-order valence-corrected chi connectivity index (χ0v) is 32.4. The van der Waals surface area contributed by atoms with Gasteiger partial charge in [0.1, 0.15) is 0 Å².